The molecule has 1 saturated carbocycles. The van der Waals surface area contributed by atoms with E-state index in [0.717, 1.165) is 19.3 Å². The summed E-state index contributed by atoms with van der Waals surface area (Å²) >= 11 is 0. The zero-order valence-electron chi connectivity index (χ0n) is 8.05. The molecule has 1 aliphatic rings. The van der Waals surface area contributed by atoms with Gasteiger partial charge in [0.1, 0.15) is 0 Å². The van der Waals surface area contributed by atoms with Crippen LogP contribution in [0.2, 0.25) is 0 Å². The Labute approximate surface area is 75.5 Å². The van der Waals surface area contributed by atoms with Crippen LogP contribution in [-0.2, 0) is 0 Å². The lowest BCUT2D eigenvalue weighted by Crippen LogP contribution is -2.37. The van der Waals surface area contributed by atoms with Crippen molar-refractivity contribution in [2.45, 2.75) is 51.0 Å². The van der Waals surface area contributed by atoms with Crippen LogP contribution in [0.1, 0.15) is 45.4 Å². The van der Waals surface area contributed by atoms with Crippen LogP contribution < -0.4 is 0 Å². The molecule has 0 saturated heterocycles. The molecule has 1 heteroatoms. The van der Waals surface area contributed by atoms with Gasteiger partial charge in [0.25, 0.3) is 0 Å². The first-order valence-electron chi connectivity index (χ1n) is 5.00. The van der Waals surface area contributed by atoms with Crippen LogP contribution in [0.4, 0.5) is 0 Å². The van der Waals surface area contributed by atoms with E-state index in [1.165, 1.54) is 19.3 Å². The van der Waals surface area contributed by atoms with Crippen molar-refractivity contribution in [3.8, 4) is 0 Å². The number of rotatable bonds is 3. The highest BCUT2D eigenvalue weighted by Gasteiger charge is 2.33. The predicted octanol–water partition coefficient (Wildman–Crippen LogP) is 2.89. The largest absolute Gasteiger partial charge is 0.390 e. The highest BCUT2D eigenvalue weighted by molar-refractivity contribution is 4.87. The van der Waals surface area contributed by atoms with Gasteiger partial charge in [-0.15, -0.1) is 6.58 Å². The van der Waals surface area contributed by atoms with E-state index in [4.69, 9.17) is 0 Å². The molecule has 0 aromatic carbocycles. The van der Waals surface area contributed by atoms with Crippen molar-refractivity contribution >= 4 is 0 Å². The molecule has 1 fully saturated rings. The number of allylic oxidation sites excluding steroid dienone is 1. The highest BCUT2D eigenvalue weighted by atomic mass is 16.3. The second-order valence-electron chi connectivity index (χ2n) is 4.17. The molecule has 1 nitrogen and oxygen atoms in total. The monoisotopic (exact) mass is 168 g/mol. The first-order chi connectivity index (χ1) is 5.67. The Balaban J connectivity index is 2.42. The fourth-order valence-electron chi connectivity index (χ4n) is 2.16. The maximum atomic E-state index is 10.0. The molecule has 0 aliphatic heterocycles. The van der Waals surface area contributed by atoms with E-state index in [2.05, 4.69) is 6.58 Å². The van der Waals surface area contributed by atoms with Crippen LogP contribution in [0.3, 0.4) is 0 Å². The van der Waals surface area contributed by atoms with Gasteiger partial charge in [0.15, 0.2) is 0 Å². The lowest BCUT2D eigenvalue weighted by molar-refractivity contribution is -0.0344. The summed E-state index contributed by atoms with van der Waals surface area (Å²) in [5.74, 6) is 0.504. The number of hydrogen-bond acceptors (Lipinski definition) is 1. The Kier molecular flexibility index (Phi) is 3.33. The number of hydrogen-bond donors (Lipinski definition) is 1. The molecular weight excluding hydrogens is 148 g/mol. The molecule has 1 rings (SSSR count). The minimum Gasteiger partial charge on any atom is -0.390 e. The van der Waals surface area contributed by atoms with Crippen LogP contribution in [0, 0.1) is 5.92 Å². The predicted molar refractivity (Wildman–Crippen MR) is 52.0 cm³/mol. The maximum absolute atomic E-state index is 10.0. The Morgan fingerprint density at radius 2 is 2.33 bits per heavy atom. The van der Waals surface area contributed by atoms with Gasteiger partial charge in [0.05, 0.1) is 5.60 Å². The molecule has 1 N–H and O–H groups in total. The third-order valence-corrected chi connectivity index (χ3v) is 3.08. The minimum absolute atomic E-state index is 0.402. The van der Waals surface area contributed by atoms with Crippen LogP contribution in [0.15, 0.2) is 12.7 Å². The average Bonchev–Trinajstić information content (AvgIpc) is 2.02. The van der Waals surface area contributed by atoms with E-state index in [9.17, 15) is 5.11 Å². The van der Waals surface area contributed by atoms with E-state index in [-0.39, 0.29) is 0 Å². The summed E-state index contributed by atoms with van der Waals surface area (Å²) in [5, 5.41) is 10.0. The third-order valence-electron chi connectivity index (χ3n) is 3.08. The molecule has 70 valence electrons. The van der Waals surface area contributed by atoms with Gasteiger partial charge in [0, 0.05) is 0 Å². The first kappa shape index (κ1) is 9.79. The summed E-state index contributed by atoms with van der Waals surface area (Å²) < 4.78 is 0. The van der Waals surface area contributed by atoms with Crippen LogP contribution >= 0.6 is 0 Å². The van der Waals surface area contributed by atoms with Gasteiger partial charge < -0.3 is 5.11 Å². The van der Waals surface area contributed by atoms with Gasteiger partial charge in [0.2, 0.25) is 0 Å². The van der Waals surface area contributed by atoms with Crippen LogP contribution in [0.5, 0.6) is 0 Å². The zero-order valence-corrected chi connectivity index (χ0v) is 8.05. The zero-order chi connectivity index (χ0) is 9.03. The van der Waals surface area contributed by atoms with Crippen molar-refractivity contribution < 1.29 is 5.11 Å². The van der Waals surface area contributed by atoms with Gasteiger partial charge in [-0.05, 0) is 38.5 Å². The van der Waals surface area contributed by atoms with E-state index < -0.39 is 5.60 Å². The second kappa shape index (κ2) is 4.08. The summed E-state index contributed by atoms with van der Waals surface area (Å²) in [6, 6.07) is 0. The Bertz CT molecular complexity index is 149. The van der Waals surface area contributed by atoms with Crippen LogP contribution in [0.25, 0.3) is 0 Å². The fourth-order valence-corrected chi connectivity index (χ4v) is 2.16. The summed E-state index contributed by atoms with van der Waals surface area (Å²) in [7, 11) is 0. The van der Waals surface area contributed by atoms with Gasteiger partial charge >= 0.3 is 0 Å². The quantitative estimate of drug-likeness (QED) is 0.642. The minimum atomic E-state index is -0.402. The van der Waals surface area contributed by atoms with Crippen molar-refractivity contribution in [3.05, 3.63) is 12.7 Å². The summed E-state index contributed by atoms with van der Waals surface area (Å²) in [6.07, 6.45) is 8.76. The number of aliphatic hydroxyl groups is 1. The standard InChI is InChI=1S/C11H20O/c1-3-4-7-10-8-5-6-9-11(10,2)12/h3,10,12H,1,4-9H2,2H3/t10-,11-/m1/s1. The van der Waals surface area contributed by atoms with Gasteiger partial charge in [-0.1, -0.05) is 18.9 Å². The van der Waals surface area contributed by atoms with Crippen molar-refractivity contribution in [2.24, 2.45) is 5.92 Å². The Morgan fingerprint density at radius 3 is 2.92 bits per heavy atom. The molecule has 12 heavy (non-hydrogen) atoms. The molecular formula is C11H20O. The van der Waals surface area contributed by atoms with E-state index in [1.54, 1.807) is 0 Å². The third kappa shape index (κ3) is 2.34. The fraction of sp³-hybridized carbons (Fsp3) is 0.818. The lowest BCUT2D eigenvalue weighted by Gasteiger charge is -2.37. The summed E-state index contributed by atoms with van der Waals surface area (Å²) in [4.78, 5) is 0. The highest BCUT2D eigenvalue weighted by Crippen LogP contribution is 2.36. The molecule has 0 aromatic heterocycles. The molecule has 0 spiro atoms. The normalized spacial score (nSPS) is 36.3. The maximum Gasteiger partial charge on any atom is 0.0647 e. The molecule has 0 aromatic rings. The Hall–Kier alpha value is -0.300. The van der Waals surface area contributed by atoms with Gasteiger partial charge in [-0.25, -0.2) is 0 Å². The Morgan fingerprint density at radius 1 is 1.58 bits per heavy atom. The molecule has 2 atom stereocenters. The second-order valence-corrected chi connectivity index (χ2v) is 4.17. The van der Waals surface area contributed by atoms with Crippen molar-refractivity contribution in [1.29, 1.82) is 0 Å². The van der Waals surface area contributed by atoms with Gasteiger partial charge in [-0.2, -0.15) is 0 Å². The lowest BCUT2D eigenvalue weighted by atomic mass is 9.74. The molecule has 0 heterocycles. The topological polar surface area (TPSA) is 20.2 Å². The van der Waals surface area contributed by atoms with Crippen molar-refractivity contribution in [2.75, 3.05) is 0 Å². The smallest absolute Gasteiger partial charge is 0.0647 e. The van der Waals surface area contributed by atoms with E-state index in [1.807, 2.05) is 13.0 Å². The molecule has 0 amide bonds. The van der Waals surface area contributed by atoms with Crippen LogP contribution in [-0.4, -0.2) is 10.7 Å². The average molecular weight is 168 g/mol. The molecule has 1 aliphatic carbocycles. The summed E-state index contributed by atoms with van der Waals surface area (Å²) in [5.41, 5.74) is -0.402. The SMILES string of the molecule is C=CCC[C@@H]1CCCC[C@@]1(C)O. The first-order valence-corrected chi connectivity index (χ1v) is 5.00. The van der Waals surface area contributed by atoms with E-state index >= 15 is 0 Å². The molecule has 0 bridgehead atoms. The van der Waals surface area contributed by atoms with Crippen molar-refractivity contribution in [3.63, 3.8) is 0 Å². The van der Waals surface area contributed by atoms with E-state index in [0.29, 0.717) is 5.92 Å². The molecule has 0 radical (unpaired) electrons. The molecule has 0 unspecified atom stereocenters. The van der Waals surface area contributed by atoms with Gasteiger partial charge in [-0.3, -0.25) is 0 Å². The summed E-state index contributed by atoms with van der Waals surface area (Å²) in [6.45, 7) is 5.70. The van der Waals surface area contributed by atoms with Crippen molar-refractivity contribution in [1.82, 2.24) is 0 Å².